The van der Waals surface area contributed by atoms with E-state index in [-0.39, 0.29) is 6.04 Å². The molecule has 0 saturated carbocycles. The summed E-state index contributed by atoms with van der Waals surface area (Å²) in [5.41, 5.74) is 7.90. The predicted octanol–water partition coefficient (Wildman–Crippen LogP) is 1.78. The van der Waals surface area contributed by atoms with E-state index in [1.54, 1.807) is 6.20 Å². The first-order valence-electron chi connectivity index (χ1n) is 5.98. The molecule has 1 aliphatic heterocycles. The van der Waals surface area contributed by atoms with Crippen LogP contribution in [-0.2, 0) is 6.54 Å². The predicted molar refractivity (Wildman–Crippen MR) is 66.5 cm³/mol. The highest BCUT2D eigenvalue weighted by atomic mass is 15.1. The van der Waals surface area contributed by atoms with Crippen molar-refractivity contribution in [3.63, 3.8) is 0 Å². The molecule has 2 atom stereocenters. The van der Waals surface area contributed by atoms with Gasteiger partial charge in [0.25, 0.3) is 0 Å². The smallest absolute Gasteiger partial charge is 0.112 e. The maximum Gasteiger partial charge on any atom is 0.112 e. The van der Waals surface area contributed by atoms with Crippen molar-refractivity contribution in [2.45, 2.75) is 31.8 Å². The van der Waals surface area contributed by atoms with Gasteiger partial charge in [0.05, 0.1) is 5.69 Å². The molecule has 2 N–H and O–H groups in total. The summed E-state index contributed by atoms with van der Waals surface area (Å²) in [6.07, 6.45) is 4.87. The third-order valence-corrected chi connectivity index (χ3v) is 3.26. The molecule has 3 rings (SSSR count). The van der Waals surface area contributed by atoms with Crippen LogP contribution in [0.25, 0.3) is 11.4 Å². The van der Waals surface area contributed by atoms with Crippen molar-refractivity contribution in [1.82, 2.24) is 14.5 Å². The molecule has 2 aromatic heterocycles. The van der Waals surface area contributed by atoms with E-state index in [2.05, 4.69) is 27.7 Å². The third-order valence-electron chi connectivity index (χ3n) is 3.26. The molecule has 2 unspecified atom stereocenters. The molecule has 0 radical (unpaired) electrons. The summed E-state index contributed by atoms with van der Waals surface area (Å²) in [6, 6.07) is 6.12. The van der Waals surface area contributed by atoms with E-state index >= 15 is 0 Å². The summed E-state index contributed by atoms with van der Waals surface area (Å²) in [4.78, 5) is 9.01. The molecule has 0 bridgehead atoms. The van der Waals surface area contributed by atoms with Gasteiger partial charge in [-0.3, -0.25) is 4.98 Å². The first kappa shape index (κ1) is 10.5. The zero-order valence-electron chi connectivity index (χ0n) is 9.87. The fourth-order valence-corrected chi connectivity index (χ4v) is 2.49. The Balaban J connectivity index is 2.03. The molecule has 4 heteroatoms. The molecule has 0 aliphatic carbocycles. The first-order valence-corrected chi connectivity index (χ1v) is 5.98. The van der Waals surface area contributed by atoms with Gasteiger partial charge in [-0.2, -0.15) is 0 Å². The standard InChI is InChI=1S/C13H16N4/c1-9-6-10(14)7-17-8-12(16-13(9)17)11-4-2-3-5-15-11/h2-5,8-10H,6-7,14H2,1H3. The normalized spacial score (nSPS) is 23.4. The lowest BCUT2D eigenvalue weighted by atomic mass is 9.98. The highest BCUT2D eigenvalue weighted by Gasteiger charge is 2.24. The second-order valence-corrected chi connectivity index (χ2v) is 4.75. The molecular weight excluding hydrogens is 212 g/mol. The second-order valence-electron chi connectivity index (χ2n) is 4.75. The highest BCUT2D eigenvalue weighted by molar-refractivity contribution is 5.53. The molecule has 0 amide bonds. The van der Waals surface area contributed by atoms with Crippen molar-refractivity contribution in [2.24, 2.45) is 5.73 Å². The van der Waals surface area contributed by atoms with E-state index in [4.69, 9.17) is 5.73 Å². The van der Waals surface area contributed by atoms with Crippen LogP contribution >= 0.6 is 0 Å². The van der Waals surface area contributed by atoms with Crippen LogP contribution < -0.4 is 5.73 Å². The summed E-state index contributed by atoms with van der Waals surface area (Å²) < 4.78 is 2.17. The Bertz CT molecular complexity index is 517. The second kappa shape index (κ2) is 3.96. The Morgan fingerprint density at radius 1 is 1.35 bits per heavy atom. The zero-order chi connectivity index (χ0) is 11.8. The average Bonchev–Trinajstić information content (AvgIpc) is 2.74. The lowest BCUT2D eigenvalue weighted by Crippen LogP contribution is -2.33. The van der Waals surface area contributed by atoms with Crippen molar-refractivity contribution in [1.29, 1.82) is 0 Å². The SMILES string of the molecule is CC1CC(N)Cn2cc(-c3ccccn3)nc21. The van der Waals surface area contributed by atoms with Crippen molar-refractivity contribution < 1.29 is 0 Å². The zero-order valence-corrected chi connectivity index (χ0v) is 9.87. The van der Waals surface area contributed by atoms with Crippen LogP contribution in [0.1, 0.15) is 25.1 Å². The number of imidazole rings is 1. The number of nitrogens with two attached hydrogens (primary N) is 1. The topological polar surface area (TPSA) is 56.7 Å². The van der Waals surface area contributed by atoms with Gasteiger partial charge in [-0.25, -0.2) is 4.98 Å². The molecule has 0 fully saturated rings. The summed E-state index contributed by atoms with van der Waals surface area (Å²) in [7, 11) is 0. The van der Waals surface area contributed by atoms with Gasteiger partial charge in [0.2, 0.25) is 0 Å². The van der Waals surface area contributed by atoms with Crippen molar-refractivity contribution in [2.75, 3.05) is 0 Å². The number of rotatable bonds is 1. The Kier molecular flexibility index (Phi) is 2.44. The van der Waals surface area contributed by atoms with Crippen LogP contribution in [0.5, 0.6) is 0 Å². The van der Waals surface area contributed by atoms with Gasteiger partial charge in [0, 0.05) is 30.9 Å². The first-order chi connectivity index (χ1) is 8.24. The van der Waals surface area contributed by atoms with Gasteiger partial charge in [0.15, 0.2) is 0 Å². The summed E-state index contributed by atoms with van der Waals surface area (Å²) in [5.74, 6) is 1.56. The van der Waals surface area contributed by atoms with Crippen LogP contribution in [-0.4, -0.2) is 20.6 Å². The van der Waals surface area contributed by atoms with E-state index < -0.39 is 0 Å². The number of aromatic nitrogens is 3. The van der Waals surface area contributed by atoms with Crippen LogP contribution in [0, 0.1) is 0 Å². The van der Waals surface area contributed by atoms with Crippen molar-refractivity contribution in [3.8, 4) is 11.4 Å². The number of hydrogen-bond acceptors (Lipinski definition) is 3. The van der Waals surface area contributed by atoms with E-state index in [0.29, 0.717) is 5.92 Å². The van der Waals surface area contributed by atoms with Gasteiger partial charge in [-0.05, 0) is 18.6 Å². The van der Waals surface area contributed by atoms with Gasteiger partial charge < -0.3 is 10.3 Å². The molecule has 17 heavy (non-hydrogen) atoms. The number of fused-ring (bicyclic) bond motifs is 1. The van der Waals surface area contributed by atoms with E-state index in [0.717, 1.165) is 30.2 Å². The Morgan fingerprint density at radius 3 is 3.00 bits per heavy atom. The summed E-state index contributed by atoms with van der Waals surface area (Å²) in [6.45, 7) is 3.04. The van der Waals surface area contributed by atoms with Gasteiger partial charge in [-0.1, -0.05) is 13.0 Å². The number of hydrogen-bond donors (Lipinski definition) is 1. The number of nitrogens with zero attached hydrogens (tertiary/aromatic N) is 3. The van der Waals surface area contributed by atoms with Crippen LogP contribution in [0.15, 0.2) is 30.6 Å². The fourth-order valence-electron chi connectivity index (χ4n) is 2.49. The quantitative estimate of drug-likeness (QED) is 0.809. The largest absolute Gasteiger partial charge is 0.332 e. The monoisotopic (exact) mass is 228 g/mol. The summed E-state index contributed by atoms with van der Waals surface area (Å²) >= 11 is 0. The molecule has 0 aromatic carbocycles. The average molecular weight is 228 g/mol. The van der Waals surface area contributed by atoms with Crippen molar-refractivity contribution in [3.05, 3.63) is 36.4 Å². The highest BCUT2D eigenvalue weighted by Crippen LogP contribution is 2.28. The number of pyridine rings is 1. The Labute approximate surface area is 101 Å². The van der Waals surface area contributed by atoms with E-state index in [9.17, 15) is 0 Å². The maximum atomic E-state index is 6.02. The molecule has 0 saturated heterocycles. The molecule has 2 aromatic rings. The maximum absolute atomic E-state index is 6.02. The van der Waals surface area contributed by atoms with Gasteiger partial charge in [-0.15, -0.1) is 0 Å². The van der Waals surface area contributed by atoms with Crippen molar-refractivity contribution >= 4 is 0 Å². The minimum atomic E-state index is 0.239. The molecule has 0 spiro atoms. The minimum Gasteiger partial charge on any atom is -0.332 e. The third kappa shape index (κ3) is 1.85. The van der Waals surface area contributed by atoms with Crippen LogP contribution in [0.4, 0.5) is 0 Å². The fraction of sp³-hybridized carbons (Fsp3) is 0.385. The minimum absolute atomic E-state index is 0.239. The van der Waals surface area contributed by atoms with Gasteiger partial charge >= 0.3 is 0 Å². The lowest BCUT2D eigenvalue weighted by Gasteiger charge is -2.25. The van der Waals surface area contributed by atoms with E-state index in [1.807, 2.05) is 18.2 Å². The van der Waals surface area contributed by atoms with Crippen LogP contribution in [0.2, 0.25) is 0 Å². The molecular formula is C13H16N4. The Hall–Kier alpha value is -1.68. The molecule has 88 valence electrons. The van der Waals surface area contributed by atoms with Gasteiger partial charge in [0.1, 0.15) is 11.5 Å². The van der Waals surface area contributed by atoms with E-state index in [1.165, 1.54) is 0 Å². The Morgan fingerprint density at radius 2 is 2.24 bits per heavy atom. The lowest BCUT2D eigenvalue weighted by molar-refractivity contribution is 0.407. The molecule has 1 aliphatic rings. The molecule has 3 heterocycles. The van der Waals surface area contributed by atoms with Crippen LogP contribution in [0.3, 0.4) is 0 Å². The molecule has 4 nitrogen and oxygen atoms in total. The summed E-state index contributed by atoms with van der Waals surface area (Å²) in [5, 5.41) is 0.